The minimum Gasteiger partial charge on any atom is -0.349 e. The van der Waals surface area contributed by atoms with E-state index in [0.717, 1.165) is 13.0 Å². The summed E-state index contributed by atoms with van der Waals surface area (Å²) in [5.74, 6) is 0.180. The number of carbonyl (C=O) groups excluding carboxylic acids is 1. The number of aryl methyl sites for hydroxylation is 1. The number of benzene rings is 1. The zero-order chi connectivity index (χ0) is 14.8. The van der Waals surface area contributed by atoms with Crippen molar-refractivity contribution >= 4 is 5.91 Å². The Morgan fingerprint density at radius 3 is 2.75 bits per heavy atom. The van der Waals surface area contributed by atoms with Crippen molar-refractivity contribution in [1.29, 1.82) is 0 Å². The van der Waals surface area contributed by atoms with E-state index in [1.807, 2.05) is 14.1 Å². The van der Waals surface area contributed by atoms with Crippen LogP contribution in [0, 0.1) is 5.41 Å². The Kier molecular flexibility index (Phi) is 4.48. The van der Waals surface area contributed by atoms with Crippen LogP contribution in [-0.2, 0) is 11.2 Å². The molecule has 0 spiro atoms. The number of hydrogen-bond acceptors (Lipinski definition) is 2. The average molecular weight is 274 g/mol. The minimum absolute atomic E-state index is 0.180. The summed E-state index contributed by atoms with van der Waals surface area (Å²) in [5.41, 5.74) is 3.08. The summed E-state index contributed by atoms with van der Waals surface area (Å²) < 4.78 is 0. The summed E-state index contributed by atoms with van der Waals surface area (Å²) in [4.78, 5) is 13.3. The molecule has 1 N–H and O–H groups in total. The third-order valence-corrected chi connectivity index (χ3v) is 4.37. The highest BCUT2D eigenvalue weighted by Gasteiger charge is 2.35. The van der Waals surface area contributed by atoms with Gasteiger partial charge in [0.1, 0.15) is 0 Å². The van der Waals surface area contributed by atoms with Crippen LogP contribution < -0.4 is 5.32 Å². The third kappa shape index (κ3) is 3.21. The van der Waals surface area contributed by atoms with Gasteiger partial charge in [0, 0.05) is 33.1 Å². The lowest BCUT2D eigenvalue weighted by Crippen LogP contribution is -2.39. The predicted molar refractivity (Wildman–Crippen MR) is 82.6 cm³/mol. The van der Waals surface area contributed by atoms with Gasteiger partial charge in [-0.1, -0.05) is 38.1 Å². The van der Waals surface area contributed by atoms with Crippen molar-refractivity contribution in [3.05, 3.63) is 35.4 Å². The number of amides is 1. The number of fused-ring (bicyclic) bond motifs is 1. The topological polar surface area (TPSA) is 32.3 Å². The molecule has 1 aliphatic rings. The zero-order valence-electron chi connectivity index (χ0n) is 13.1. The van der Waals surface area contributed by atoms with E-state index in [2.05, 4.69) is 43.4 Å². The molecule has 0 bridgehead atoms. The molecule has 1 aromatic carbocycles. The molecule has 0 radical (unpaired) electrons. The molecule has 20 heavy (non-hydrogen) atoms. The Labute approximate surface area is 122 Å². The van der Waals surface area contributed by atoms with E-state index >= 15 is 0 Å². The summed E-state index contributed by atoms with van der Waals surface area (Å²) in [6, 6.07) is 9.01. The lowest BCUT2D eigenvalue weighted by molar-refractivity contribution is -0.128. The molecular weight excluding hydrogens is 248 g/mol. The van der Waals surface area contributed by atoms with Crippen LogP contribution in [-0.4, -0.2) is 31.4 Å². The fraction of sp³-hybridized carbons (Fsp3) is 0.588. The van der Waals surface area contributed by atoms with Crippen LogP contribution in [0.5, 0.6) is 0 Å². The van der Waals surface area contributed by atoms with Crippen LogP contribution in [0.4, 0.5) is 0 Å². The summed E-state index contributed by atoms with van der Waals surface area (Å²) in [7, 11) is 3.62. The second-order valence-electron chi connectivity index (χ2n) is 6.61. The van der Waals surface area contributed by atoms with Gasteiger partial charge in [0.05, 0.1) is 0 Å². The average Bonchev–Trinajstić information content (AvgIpc) is 2.40. The maximum atomic E-state index is 11.7. The Hall–Kier alpha value is -1.35. The molecule has 0 heterocycles. The Balaban J connectivity index is 2.07. The molecule has 0 saturated carbocycles. The summed E-state index contributed by atoms with van der Waals surface area (Å²) in [5, 5.41) is 3.61. The number of nitrogens with zero attached hydrogens (tertiary/aromatic N) is 1. The first-order valence-corrected chi connectivity index (χ1v) is 7.43. The van der Waals surface area contributed by atoms with Gasteiger partial charge in [0.2, 0.25) is 5.91 Å². The van der Waals surface area contributed by atoms with Crippen molar-refractivity contribution in [3.63, 3.8) is 0 Å². The van der Waals surface area contributed by atoms with Gasteiger partial charge in [-0.25, -0.2) is 0 Å². The smallest absolute Gasteiger partial charge is 0.223 e. The molecule has 1 aliphatic carbocycles. The van der Waals surface area contributed by atoms with E-state index in [0.29, 0.717) is 12.5 Å². The van der Waals surface area contributed by atoms with E-state index in [1.165, 1.54) is 17.5 Å². The molecule has 3 heteroatoms. The number of nitrogens with one attached hydrogen (secondary N) is 1. The fourth-order valence-corrected chi connectivity index (χ4v) is 3.00. The van der Waals surface area contributed by atoms with Gasteiger partial charge in [0.25, 0.3) is 0 Å². The van der Waals surface area contributed by atoms with E-state index in [4.69, 9.17) is 0 Å². The number of hydrogen-bond donors (Lipinski definition) is 1. The quantitative estimate of drug-likeness (QED) is 0.915. The van der Waals surface area contributed by atoms with Gasteiger partial charge >= 0.3 is 0 Å². The molecule has 0 saturated heterocycles. The van der Waals surface area contributed by atoms with Crippen LogP contribution >= 0.6 is 0 Å². The van der Waals surface area contributed by atoms with Gasteiger partial charge in [-0.05, 0) is 29.4 Å². The molecular formula is C17H26N2O. The van der Waals surface area contributed by atoms with Gasteiger partial charge in [-0.15, -0.1) is 0 Å². The SMILES string of the molecule is CN(C)C(=O)CCNC1c2ccccc2CCC1(C)C. The molecule has 110 valence electrons. The van der Waals surface area contributed by atoms with Crippen LogP contribution in [0.15, 0.2) is 24.3 Å². The zero-order valence-corrected chi connectivity index (χ0v) is 13.1. The molecule has 1 unspecified atom stereocenters. The van der Waals surface area contributed by atoms with Crippen molar-refractivity contribution in [1.82, 2.24) is 10.2 Å². The van der Waals surface area contributed by atoms with Gasteiger partial charge < -0.3 is 10.2 Å². The standard InChI is InChI=1S/C17H26N2O/c1-17(2)11-9-13-7-5-6-8-14(13)16(17)18-12-10-15(20)19(3)4/h5-8,16,18H,9-12H2,1-4H3. The van der Waals surface area contributed by atoms with Gasteiger partial charge in [-0.2, -0.15) is 0 Å². The van der Waals surface area contributed by atoms with Crippen molar-refractivity contribution < 1.29 is 4.79 Å². The number of rotatable bonds is 4. The van der Waals surface area contributed by atoms with Crippen LogP contribution in [0.2, 0.25) is 0 Å². The third-order valence-electron chi connectivity index (χ3n) is 4.37. The second-order valence-corrected chi connectivity index (χ2v) is 6.61. The molecule has 1 atom stereocenters. The van der Waals surface area contributed by atoms with Crippen LogP contribution in [0.3, 0.4) is 0 Å². The Morgan fingerprint density at radius 2 is 2.05 bits per heavy atom. The molecule has 0 aromatic heterocycles. The van der Waals surface area contributed by atoms with E-state index in [9.17, 15) is 4.79 Å². The van der Waals surface area contributed by atoms with E-state index in [-0.39, 0.29) is 11.3 Å². The predicted octanol–water partition coefficient (Wildman–Crippen LogP) is 2.77. The van der Waals surface area contributed by atoms with Crippen molar-refractivity contribution in [2.75, 3.05) is 20.6 Å². The van der Waals surface area contributed by atoms with Crippen molar-refractivity contribution in [3.8, 4) is 0 Å². The highest BCUT2D eigenvalue weighted by atomic mass is 16.2. The fourth-order valence-electron chi connectivity index (χ4n) is 3.00. The summed E-state index contributed by atoms with van der Waals surface area (Å²) in [6.07, 6.45) is 2.89. The monoisotopic (exact) mass is 274 g/mol. The first-order valence-electron chi connectivity index (χ1n) is 7.43. The molecule has 1 aromatic rings. The molecule has 0 fully saturated rings. The maximum Gasteiger partial charge on any atom is 0.223 e. The molecule has 1 amide bonds. The first kappa shape index (κ1) is 15.0. The lowest BCUT2D eigenvalue weighted by atomic mass is 9.70. The lowest BCUT2D eigenvalue weighted by Gasteiger charge is -2.40. The van der Waals surface area contributed by atoms with Gasteiger partial charge in [0.15, 0.2) is 0 Å². The molecule has 2 rings (SSSR count). The molecule has 0 aliphatic heterocycles. The van der Waals surface area contributed by atoms with Crippen molar-refractivity contribution in [2.24, 2.45) is 5.41 Å². The van der Waals surface area contributed by atoms with E-state index < -0.39 is 0 Å². The Bertz CT molecular complexity index is 480. The normalized spacial score (nSPS) is 20.3. The molecule has 3 nitrogen and oxygen atoms in total. The number of carbonyl (C=O) groups is 1. The van der Waals surface area contributed by atoms with Crippen LogP contribution in [0.25, 0.3) is 0 Å². The van der Waals surface area contributed by atoms with Crippen LogP contribution in [0.1, 0.15) is 43.9 Å². The first-order chi connectivity index (χ1) is 9.42. The Morgan fingerprint density at radius 1 is 1.35 bits per heavy atom. The van der Waals surface area contributed by atoms with Gasteiger partial charge in [-0.3, -0.25) is 4.79 Å². The highest BCUT2D eigenvalue weighted by Crippen LogP contribution is 2.43. The minimum atomic E-state index is 0.180. The van der Waals surface area contributed by atoms with Crippen molar-refractivity contribution in [2.45, 2.75) is 39.2 Å². The largest absolute Gasteiger partial charge is 0.349 e. The highest BCUT2D eigenvalue weighted by molar-refractivity contribution is 5.75. The second kappa shape index (κ2) is 5.96. The summed E-state index contributed by atoms with van der Waals surface area (Å²) >= 11 is 0. The summed E-state index contributed by atoms with van der Waals surface area (Å²) in [6.45, 7) is 5.36. The van der Waals surface area contributed by atoms with E-state index in [1.54, 1.807) is 4.90 Å². The maximum absolute atomic E-state index is 11.7.